The number of fused-ring (bicyclic) bond motifs is 1. The standard InChI is InChI=1S/C36H50N4O5/c1-9-38(10-2)23-31-24(4)18-27-20-28(34(42)37-33(27)25(31)5)21-40(29-16-17-39(22-29)35(43)45-36(6,7)8)32(41)19-26-12-14-30(15-13-26)44-11-3/h12-15,18,20,29H,9-11,16-17,19,21-23H2,1-8H3,(H,37,42). The second-order valence-electron chi connectivity index (χ2n) is 13.0. The zero-order valence-corrected chi connectivity index (χ0v) is 28.3. The number of hydrogen-bond donors (Lipinski definition) is 1. The van der Waals surface area contributed by atoms with E-state index in [2.05, 4.69) is 43.6 Å². The predicted molar refractivity (Wildman–Crippen MR) is 179 cm³/mol. The fraction of sp³-hybridized carbons (Fsp3) is 0.528. The maximum absolute atomic E-state index is 14.0. The van der Waals surface area contributed by atoms with Crippen molar-refractivity contribution in [1.82, 2.24) is 19.7 Å². The molecule has 1 atom stereocenters. The molecule has 2 aromatic carbocycles. The number of H-pyrrole nitrogens is 1. The van der Waals surface area contributed by atoms with Gasteiger partial charge in [-0.3, -0.25) is 14.5 Å². The van der Waals surface area contributed by atoms with Crippen molar-refractivity contribution in [2.24, 2.45) is 0 Å². The Kier molecular flexibility index (Phi) is 11.0. The van der Waals surface area contributed by atoms with Gasteiger partial charge in [-0.2, -0.15) is 0 Å². The molecule has 0 spiro atoms. The Morgan fingerprint density at radius 1 is 1.02 bits per heavy atom. The molecule has 0 bridgehead atoms. The summed E-state index contributed by atoms with van der Waals surface area (Å²) in [6.07, 6.45) is 0.388. The second kappa shape index (κ2) is 14.5. The SMILES string of the molecule is CCOc1ccc(CC(=O)N(Cc2cc3cc(C)c(CN(CC)CC)c(C)c3[nH]c2=O)C2CCN(C(=O)OC(C)(C)C)C2)cc1. The summed E-state index contributed by atoms with van der Waals surface area (Å²) < 4.78 is 11.2. The van der Waals surface area contributed by atoms with Crippen LogP contribution < -0.4 is 10.3 Å². The number of pyridine rings is 1. The minimum Gasteiger partial charge on any atom is -0.494 e. The van der Waals surface area contributed by atoms with E-state index >= 15 is 0 Å². The number of hydrogen-bond acceptors (Lipinski definition) is 6. The normalized spacial score (nSPS) is 15.1. The van der Waals surface area contributed by atoms with Crippen LogP contribution >= 0.6 is 0 Å². The van der Waals surface area contributed by atoms with Crippen molar-refractivity contribution < 1.29 is 19.1 Å². The monoisotopic (exact) mass is 618 g/mol. The number of aromatic amines is 1. The number of amides is 2. The molecule has 9 nitrogen and oxygen atoms in total. The number of rotatable bonds is 11. The Balaban J connectivity index is 1.65. The Morgan fingerprint density at radius 2 is 1.71 bits per heavy atom. The second-order valence-corrected chi connectivity index (χ2v) is 13.0. The quantitative estimate of drug-likeness (QED) is 0.285. The summed E-state index contributed by atoms with van der Waals surface area (Å²) in [4.78, 5) is 49.3. The number of nitrogens with one attached hydrogen (secondary N) is 1. The molecule has 2 heterocycles. The average molecular weight is 619 g/mol. The summed E-state index contributed by atoms with van der Waals surface area (Å²) >= 11 is 0. The fourth-order valence-corrected chi connectivity index (χ4v) is 6.05. The summed E-state index contributed by atoms with van der Waals surface area (Å²) in [5.74, 6) is 0.652. The zero-order valence-electron chi connectivity index (χ0n) is 28.3. The zero-order chi connectivity index (χ0) is 32.9. The van der Waals surface area contributed by atoms with E-state index in [9.17, 15) is 14.4 Å². The molecule has 1 N–H and O–H groups in total. The van der Waals surface area contributed by atoms with Gasteiger partial charge in [0.15, 0.2) is 0 Å². The number of carbonyl (C=O) groups excluding carboxylic acids is 2. The van der Waals surface area contributed by atoms with Crippen molar-refractivity contribution in [3.8, 4) is 5.75 Å². The van der Waals surface area contributed by atoms with E-state index < -0.39 is 5.60 Å². The third-order valence-corrected chi connectivity index (χ3v) is 8.61. The van der Waals surface area contributed by atoms with Crippen molar-refractivity contribution >= 4 is 22.9 Å². The maximum Gasteiger partial charge on any atom is 0.410 e. The molecule has 2 amide bonds. The number of aryl methyl sites for hydroxylation is 2. The lowest BCUT2D eigenvalue weighted by Gasteiger charge is -2.30. The van der Waals surface area contributed by atoms with Crippen molar-refractivity contribution in [1.29, 1.82) is 0 Å². The third kappa shape index (κ3) is 8.45. The smallest absolute Gasteiger partial charge is 0.410 e. The third-order valence-electron chi connectivity index (χ3n) is 8.61. The van der Waals surface area contributed by atoms with Gasteiger partial charge in [-0.15, -0.1) is 0 Å². The highest BCUT2D eigenvalue weighted by Crippen LogP contribution is 2.27. The summed E-state index contributed by atoms with van der Waals surface area (Å²) in [6.45, 7) is 20.2. The average Bonchev–Trinajstić information content (AvgIpc) is 3.47. The van der Waals surface area contributed by atoms with Gasteiger partial charge < -0.3 is 24.3 Å². The Hall–Kier alpha value is -3.85. The number of benzene rings is 2. The van der Waals surface area contributed by atoms with E-state index in [0.29, 0.717) is 31.7 Å². The van der Waals surface area contributed by atoms with Crippen LogP contribution in [0.5, 0.6) is 5.75 Å². The van der Waals surface area contributed by atoms with Gasteiger partial charge in [-0.05, 0) is 113 Å². The fourth-order valence-electron chi connectivity index (χ4n) is 6.05. The summed E-state index contributed by atoms with van der Waals surface area (Å²) in [6, 6.07) is 11.3. The van der Waals surface area contributed by atoms with Crippen LogP contribution in [-0.4, -0.2) is 76.1 Å². The van der Waals surface area contributed by atoms with Gasteiger partial charge in [-0.25, -0.2) is 4.79 Å². The van der Waals surface area contributed by atoms with Crippen molar-refractivity contribution in [3.63, 3.8) is 0 Å². The van der Waals surface area contributed by atoms with Crippen molar-refractivity contribution in [2.75, 3.05) is 32.8 Å². The van der Waals surface area contributed by atoms with Crippen molar-refractivity contribution in [3.05, 3.63) is 74.6 Å². The number of carbonyl (C=O) groups is 2. The van der Waals surface area contributed by atoms with E-state index in [-0.39, 0.29) is 36.6 Å². The largest absolute Gasteiger partial charge is 0.494 e. The van der Waals surface area contributed by atoms with E-state index in [1.165, 1.54) is 11.1 Å². The molecule has 9 heteroatoms. The number of ether oxygens (including phenoxy) is 2. The minimum absolute atomic E-state index is 0.100. The first kappa shape index (κ1) is 34.0. The lowest BCUT2D eigenvalue weighted by atomic mass is 9.97. The Morgan fingerprint density at radius 3 is 2.33 bits per heavy atom. The molecule has 1 saturated heterocycles. The van der Waals surface area contributed by atoms with Gasteiger partial charge >= 0.3 is 6.09 Å². The molecule has 0 radical (unpaired) electrons. The van der Waals surface area contributed by atoms with Crippen LogP contribution in [0, 0.1) is 13.8 Å². The number of likely N-dealkylation sites (tertiary alicyclic amines) is 1. The molecule has 4 rings (SSSR count). The first-order valence-corrected chi connectivity index (χ1v) is 16.2. The molecule has 244 valence electrons. The van der Waals surface area contributed by atoms with E-state index in [0.717, 1.165) is 47.4 Å². The van der Waals surface area contributed by atoms with E-state index in [1.807, 2.05) is 58.0 Å². The van der Waals surface area contributed by atoms with Gasteiger partial charge in [-0.1, -0.05) is 26.0 Å². The predicted octanol–water partition coefficient (Wildman–Crippen LogP) is 5.97. The van der Waals surface area contributed by atoms with Gasteiger partial charge in [0.25, 0.3) is 5.56 Å². The number of nitrogens with zero attached hydrogens (tertiary/aromatic N) is 3. The first-order valence-electron chi connectivity index (χ1n) is 16.2. The highest BCUT2D eigenvalue weighted by Gasteiger charge is 2.35. The topological polar surface area (TPSA) is 95.2 Å². The molecule has 1 unspecified atom stereocenters. The van der Waals surface area contributed by atoms with Gasteiger partial charge in [0, 0.05) is 25.2 Å². The van der Waals surface area contributed by atoms with Gasteiger partial charge in [0.1, 0.15) is 11.4 Å². The molecular formula is C36H50N4O5. The van der Waals surface area contributed by atoms with E-state index in [1.54, 1.807) is 9.80 Å². The lowest BCUT2D eigenvalue weighted by molar-refractivity contribution is -0.133. The van der Waals surface area contributed by atoms with Crippen LogP contribution in [-0.2, 0) is 29.0 Å². The lowest BCUT2D eigenvalue weighted by Crippen LogP contribution is -2.44. The van der Waals surface area contributed by atoms with Crippen LogP contribution in [0.3, 0.4) is 0 Å². The molecule has 0 aliphatic carbocycles. The molecule has 1 aliphatic rings. The van der Waals surface area contributed by atoms with Crippen LogP contribution in [0.15, 0.2) is 41.2 Å². The van der Waals surface area contributed by atoms with E-state index in [4.69, 9.17) is 9.47 Å². The Labute approximate surface area is 267 Å². The van der Waals surface area contributed by atoms with Crippen LogP contribution in [0.1, 0.15) is 75.8 Å². The van der Waals surface area contributed by atoms with Crippen LogP contribution in [0.25, 0.3) is 10.9 Å². The molecule has 1 aliphatic heterocycles. The highest BCUT2D eigenvalue weighted by molar-refractivity contribution is 5.85. The molecule has 3 aromatic rings. The highest BCUT2D eigenvalue weighted by atomic mass is 16.6. The minimum atomic E-state index is -0.613. The number of aromatic nitrogens is 1. The molecule has 1 aromatic heterocycles. The van der Waals surface area contributed by atoms with Gasteiger partial charge in [0.05, 0.1) is 31.1 Å². The molecule has 0 saturated carbocycles. The molecule has 1 fully saturated rings. The molecular weight excluding hydrogens is 568 g/mol. The first-order chi connectivity index (χ1) is 21.3. The van der Waals surface area contributed by atoms with Crippen molar-refractivity contribution in [2.45, 2.75) is 93.0 Å². The van der Waals surface area contributed by atoms with Crippen LogP contribution in [0.4, 0.5) is 4.79 Å². The Bertz CT molecular complexity index is 1550. The van der Waals surface area contributed by atoms with Gasteiger partial charge in [0.2, 0.25) is 5.91 Å². The van der Waals surface area contributed by atoms with Crippen LogP contribution in [0.2, 0.25) is 0 Å². The molecule has 45 heavy (non-hydrogen) atoms. The summed E-state index contributed by atoms with van der Waals surface area (Å²) in [7, 11) is 0. The summed E-state index contributed by atoms with van der Waals surface area (Å²) in [5.41, 5.74) is 4.88. The summed E-state index contributed by atoms with van der Waals surface area (Å²) in [5, 5.41) is 0.948. The maximum atomic E-state index is 14.0.